The highest BCUT2D eigenvalue weighted by molar-refractivity contribution is 14.0. The van der Waals surface area contributed by atoms with Crippen LogP contribution in [0.2, 0.25) is 5.02 Å². The van der Waals surface area contributed by atoms with Crippen LogP contribution in [-0.4, -0.2) is 32.3 Å². The van der Waals surface area contributed by atoms with Crippen molar-refractivity contribution < 1.29 is 9.47 Å². The van der Waals surface area contributed by atoms with Crippen molar-refractivity contribution in [3.63, 3.8) is 0 Å². The summed E-state index contributed by atoms with van der Waals surface area (Å²) in [6.07, 6.45) is 2.27. The normalized spacial score (nSPS) is 14.9. The van der Waals surface area contributed by atoms with E-state index in [1.807, 2.05) is 24.3 Å². The minimum Gasteiger partial charge on any atom is -0.381 e. The predicted molar refractivity (Wildman–Crippen MR) is 129 cm³/mol. The number of nitrogens with one attached hydrogen (secondary N) is 2. The Hall–Kier alpha value is -1.35. The number of aliphatic imine (C=N–C) groups is 1. The lowest BCUT2D eigenvalue weighted by Gasteiger charge is -2.22. The molecule has 29 heavy (non-hydrogen) atoms. The van der Waals surface area contributed by atoms with E-state index < -0.39 is 0 Å². The van der Waals surface area contributed by atoms with Crippen molar-refractivity contribution in [2.75, 3.05) is 20.3 Å². The summed E-state index contributed by atoms with van der Waals surface area (Å²) >= 11 is 6.21. The van der Waals surface area contributed by atoms with E-state index in [1.54, 1.807) is 7.05 Å². The molecular weight excluding hydrogens is 501 g/mol. The second kappa shape index (κ2) is 13.1. The number of guanidine groups is 1. The van der Waals surface area contributed by atoms with Gasteiger partial charge in [-0.2, -0.15) is 0 Å². The van der Waals surface area contributed by atoms with Crippen molar-refractivity contribution in [2.24, 2.45) is 4.99 Å². The van der Waals surface area contributed by atoms with Crippen LogP contribution in [0.5, 0.6) is 0 Å². The average molecular weight is 530 g/mol. The van der Waals surface area contributed by atoms with Gasteiger partial charge in [-0.25, -0.2) is 0 Å². The number of nitrogens with zero attached hydrogens (tertiary/aromatic N) is 1. The summed E-state index contributed by atoms with van der Waals surface area (Å²) < 4.78 is 11.4. The maximum Gasteiger partial charge on any atom is 0.191 e. The van der Waals surface area contributed by atoms with Gasteiger partial charge in [0.25, 0.3) is 0 Å². The highest BCUT2D eigenvalue weighted by Gasteiger charge is 2.14. The second-order valence-corrected chi connectivity index (χ2v) is 7.22. The Bertz CT molecular complexity index is 782. The quantitative estimate of drug-likeness (QED) is 0.315. The monoisotopic (exact) mass is 529 g/mol. The Morgan fingerprint density at radius 1 is 1.07 bits per heavy atom. The third-order valence-electron chi connectivity index (χ3n) is 4.73. The maximum atomic E-state index is 6.21. The predicted octanol–water partition coefficient (Wildman–Crippen LogP) is 4.52. The van der Waals surface area contributed by atoms with Crippen LogP contribution in [0.15, 0.2) is 53.5 Å². The van der Waals surface area contributed by atoms with Gasteiger partial charge in [-0.3, -0.25) is 4.99 Å². The summed E-state index contributed by atoms with van der Waals surface area (Å²) in [5.74, 6) is 0.740. The third kappa shape index (κ3) is 8.12. The van der Waals surface area contributed by atoms with Crippen LogP contribution in [0, 0.1) is 0 Å². The van der Waals surface area contributed by atoms with Crippen molar-refractivity contribution in [3.8, 4) is 0 Å². The standard InChI is InChI=1S/C22H28ClN3O2.HI/c1-24-22(26-15-19-7-2-3-8-21(19)23)25-14-17-5-4-6-18(13-17)16-28-20-9-11-27-12-10-20;/h2-8,13,20H,9-12,14-16H2,1H3,(H2,24,25,26);1H. The minimum absolute atomic E-state index is 0. The Morgan fingerprint density at radius 2 is 1.79 bits per heavy atom. The van der Waals surface area contributed by atoms with Crippen molar-refractivity contribution in [1.29, 1.82) is 0 Å². The number of rotatable bonds is 7. The van der Waals surface area contributed by atoms with E-state index >= 15 is 0 Å². The lowest BCUT2D eigenvalue weighted by Crippen LogP contribution is -2.36. The van der Waals surface area contributed by atoms with Crippen LogP contribution in [0.1, 0.15) is 29.5 Å². The number of benzene rings is 2. The summed E-state index contributed by atoms with van der Waals surface area (Å²) in [5.41, 5.74) is 3.41. The molecule has 1 fully saturated rings. The molecule has 1 aliphatic rings. The summed E-state index contributed by atoms with van der Waals surface area (Å²) in [5, 5.41) is 7.40. The van der Waals surface area contributed by atoms with E-state index in [-0.39, 0.29) is 24.0 Å². The van der Waals surface area contributed by atoms with Crippen molar-refractivity contribution in [2.45, 2.75) is 38.6 Å². The zero-order valence-corrected chi connectivity index (χ0v) is 19.8. The average Bonchev–Trinajstić information content (AvgIpc) is 2.74. The van der Waals surface area contributed by atoms with Gasteiger partial charge < -0.3 is 20.1 Å². The fourth-order valence-electron chi connectivity index (χ4n) is 3.11. The molecule has 5 nitrogen and oxygen atoms in total. The minimum atomic E-state index is 0. The molecule has 7 heteroatoms. The highest BCUT2D eigenvalue weighted by atomic mass is 127. The summed E-state index contributed by atoms with van der Waals surface area (Å²) in [6.45, 7) is 3.55. The van der Waals surface area contributed by atoms with Crippen molar-refractivity contribution in [1.82, 2.24) is 10.6 Å². The van der Waals surface area contributed by atoms with Crippen LogP contribution in [0.4, 0.5) is 0 Å². The fraction of sp³-hybridized carbons (Fsp3) is 0.409. The van der Waals surface area contributed by atoms with Gasteiger partial charge in [-0.1, -0.05) is 54.1 Å². The first-order chi connectivity index (χ1) is 13.7. The highest BCUT2D eigenvalue weighted by Crippen LogP contribution is 2.15. The molecule has 0 saturated carbocycles. The molecule has 3 rings (SSSR count). The molecule has 0 atom stereocenters. The molecule has 2 aromatic rings. The molecule has 1 saturated heterocycles. The fourth-order valence-corrected chi connectivity index (χ4v) is 3.32. The molecule has 1 heterocycles. The zero-order chi connectivity index (χ0) is 19.6. The SMILES string of the molecule is CN=C(NCc1cccc(COC2CCOCC2)c1)NCc1ccccc1Cl.I. The number of hydrogen-bond acceptors (Lipinski definition) is 3. The first-order valence-electron chi connectivity index (χ1n) is 9.69. The Labute approximate surface area is 195 Å². The van der Waals surface area contributed by atoms with Crippen molar-refractivity contribution >= 4 is 41.5 Å². The smallest absolute Gasteiger partial charge is 0.191 e. The Kier molecular flexibility index (Phi) is 10.8. The molecule has 0 bridgehead atoms. The van der Waals surface area contributed by atoms with Gasteiger partial charge in [0.2, 0.25) is 0 Å². The van der Waals surface area contributed by atoms with Crippen LogP contribution in [0.25, 0.3) is 0 Å². The molecule has 0 aliphatic carbocycles. The van der Waals surface area contributed by atoms with Gasteiger partial charge in [0, 0.05) is 38.4 Å². The molecule has 2 N–H and O–H groups in total. The van der Waals surface area contributed by atoms with E-state index in [0.717, 1.165) is 42.6 Å². The number of hydrogen-bond donors (Lipinski definition) is 2. The van der Waals surface area contributed by atoms with Gasteiger partial charge >= 0.3 is 0 Å². The van der Waals surface area contributed by atoms with Crippen molar-refractivity contribution in [3.05, 3.63) is 70.2 Å². The maximum absolute atomic E-state index is 6.21. The summed E-state index contributed by atoms with van der Waals surface area (Å²) in [6, 6.07) is 16.3. The molecular formula is C22H29ClIN3O2. The van der Waals surface area contributed by atoms with Gasteiger partial charge in [-0.05, 0) is 35.6 Å². The Morgan fingerprint density at radius 3 is 2.55 bits per heavy atom. The van der Waals surface area contributed by atoms with Gasteiger partial charge in [0.15, 0.2) is 5.96 Å². The van der Waals surface area contributed by atoms with Crippen LogP contribution in [0.3, 0.4) is 0 Å². The Balaban J connectivity index is 0.00000300. The summed E-state index contributed by atoms with van der Waals surface area (Å²) in [7, 11) is 1.76. The first-order valence-corrected chi connectivity index (χ1v) is 10.1. The molecule has 0 amide bonds. The lowest BCUT2D eigenvalue weighted by molar-refractivity contribution is -0.0390. The molecule has 0 radical (unpaired) electrons. The van der Waals surface area contributed by atoms with E-state index in [2.05, 4.69) is 39.9 Å². The number of ether oxygens (including phenoxy) is 2. The van der Waals surface area contributed by atoms with Crippen LogP contribution < -0.4 is 10.6 Å². The topological polar surface area (TPSA) is 54.9 Å². The van der Waals surface area contributed by atoms with E-state index in [0.29, 0.717) is 25.8 Å². The van der Waals surface area contributed by atoms with Crippen LogP contribution >= 0.6 is 35.6 Å². The second-order valence-electron chi connectivity index (χ2n) is 6.81. The molecule has 0 aromatic heterocycles. The zero-order valence-electron chi connectivity index (χ0n) is 16.7. The van der Waals surface area contributed by atoms with Crippen LogP contribution in [-0.2, 0) is 29.2 Å². The van der Waals surface area contributed by atoms with E-state index in [9.17, 15) is 0 Å². The van der Waals surface area contributed by atoms with Gasteiger partial charge in [0.1, 0.15) is 0 Å². The van der Waals surface area contributed by atoms with E-state index in [1.165, 1.54) is 11.1 Å². The van der Waals surface area contributed by atoms with Gasteiger partial charge in [0.05, 0.1) is 12.7 Å². The lowest BCUT2D eigenvalue weighted by atomic mass is 10.1. The van der Waals surface area contributed by atoms with Gasteiger partial charge in [-0.15, -0.1) is 24.0 Å². The molecule has 0 unspecified atom stereocenters. The number of halogens is 2. The third-order valence-corrected chi connectivity index (χ3v) is 5.10. The largest absolute Gasteiger partial charge is 0.381 e. The van der Waals surface area contributed by atoms with E-state index in [4.69, 9.17) is 21.1 Å². The molecule has 0 spiro atoms. The molecule has 1 aliphatic heterocycles. The molecule has 158 valence electrons. The first kappa shape index (κ1) is 23.9. The molecule has 2 aromatic carbocycles. The summed E-state index contributed by atoms with van der Waals surface area (Å²) in [4.78, 5) is 4.28.